The maximum atomic E-state index is 12.6. The second-order valence-electron chi connectivity index (χ2n) is 4.50. The minimum atomic E-state index is -3.35. The number of amides is 1. The number of benzene rings is 1. The molecule has 8 heteroatoms. The van der Waals surface area contributed by atoms with E-state index < -0.39 is 30.1 Å². The van der Waals surface area contributed by atoms with Crippen molar-refractivity contribution in [3.63, 3.8) is 0 Å². The molecule has 0 aliphatic carbocycles. The Morgan fingerprint density at radius 3 is 2.38 bits per heavy atom. The molecule has 1 aromatic rings. The molecule has 2 atom stereocenters. The van der Waals surface area contributed by atoms with Crippen molar-refractivity contribution in [2.45, 2.75) is 31.6 Å². The van der Waals surface area contributed by atoms with Crippen LogP contribution >= 0.6 is 0 Å². The van der Waals surface area contributed by atoms with E-state index in [1.54, 1.807) is 35.6 Å². The lowest BCUT2D eigenvalue weighted by molar-refractivity contribution is -0.157. The Balaban J connectivity index is 2.64. The number of ether oxygens (including phenoxy) is 1. The minimum absolute atomic E-state index is 0.157. The van der Waals surface area contributed by atoms with E-state index in [4.69, 9.17) is 9.84 Å². The number of halogens is 2. The molecule has 3 N–H and O–H groups in total. The summed E-state index contributed by atoms with van der Waals surface area (Å²) in [5.41, 5.74) is -2.28. The Labute approximate surface area is 119 Å². The van der Waals surface area contributed by atoms with Crippen LogP contribution in [-0.2, 0) is 16.1 Å². The number of carbonyl (C=O) groups excluding carboxylic acids is 1. The summed E-state index contributed by atoms with van der Waals surface area (Å²) in [5, 5.41) is 20.0. The number of rotatable bonds is 6. The number of aliphatic hydroxyl groups is 1. The number of alkyl carbamates (subject to hydrolysis) is 1. The molecule has 1 rings (SSSR count). The summed E-state index contributed by atoms with van der Waals surface area (Å²) in [6, 6.07) is 6.30. The lowest BCUT2D eigenvalue weighted by Crippen LogP contribution is -2.59. The van der Waals surface area contributed by atoms with Gasteiger partial charge in [-0.3, -0.25) is 0 Å². The fourth-order valence-electron chi connectivity index (χ4n) is 1.47. The summed E-state index contributed by atoms with van der Waals surface area (Å²) in [6.07, 6.45) is -4.57. The van der Waals surface area contributed by atoms with E-state index in [0.29, 0.717) is 12.5 Å². The Bertz CT molecular complexity index is 493. The molecule has 0 bridgehead atoms. The third kappa shape index (κ3) is 4.67. The maximum absolute atomic E-state index is 12.6. The predicted molar refractivity (Wildman–Crippen MR) is 67.8 cm³/mol. The van der Waals surface area contributed by atoms with Crippen LogP contribution in [0.4, 0.5) is 13.6 Å². The molecule has 0 unspecified atom stereocenters. The van der Waals surface area contributed by atoms with Crippen molar-refractivity contribution in [1.82, 2.24) is 5.32 Å². The number of hydrogen-bond donors (Lipinski definition) is 3. The van der Waals surface area contributed by atoms with Gasteiger partial charge >= 0.3 is 12.1 Å². The summed E-state index contributed by atoms with van der Waals surface area (Å²) < 4.78 is 30.0. The van der Waals surface area contributed by atoms with Crippen molar-refractivity contribution < 1.29 is 33.3 Å². The molecule has 21 heavy (non-hydrogen) atoms. The largest absolute Gasteiger partial charge is 0.480 e. The number of nitrogens with one attached hydrogen (secondary N) is 1. The van der Waals surface area contributed by atoms with Gasteiger partial charge in [0, 0.05) is 0 Å². The van der Waals surface area contributed by atoms with Crippen LogP contribution in [0.25, 0.3) is 0 Å². The third-order valence-electron chi connectivity index (χ3n) is 2.75. The number of carbonyl (C=O) groups is 2. The Hall–Kier alpha value is -2.22. The van der Waals surface area contributed by atoms with Gasteiger partial charge in [-0.15, -0.1) is 0 Å². The van der Waals surface area contributed by atoms with Gasteiger partial charge in [-0.1, -0.05) is 30.3 Å². The van der Waals surface area contributed by atoms with Gasteiger partial charge in [0.25, 0.3) is 6.43 Å². The first-order chi connectivity index (χ1) is 9.75. The van der Waals surface area contributed by atoms with Gasteiger partial charge < -0.3 is 20.3 Å². The molecule has 0 aromatic heterocycles. The van der Waals surface area contributed by atoms with Crippen LogP contribution in [0.1, 0.15) is 12.5 Å². The van der Waals surface area contributed by atoms with E-state index in [1.807, 2.05) is 0 Å². The smallest absolute Gasteiger partial charge is 0.408 e. The van der Waals surface area contributed by atoms with Crippen LogP contribution in [0, 0.1) is 0 Å². The predicted octanol–water partition coefficient (Wildman–Crippen LogP) is 1.38. The highest BCUT2D eigenvalue weighted by Crippen LogP contribution is 2.20. The number of carboxylic acids is 1. The Kier molecular flexibility index (Phi) is 5.60. The molecule has 116 valence electrons. The molecule has 1 aromatic carbocycles. The lowest BCUT2D eigenvalue weighted by Gasteiger charge is -2.29. The van der Waals surface area contributed by atoms with E-state index in [-0.39, 0.29) is 6.61 Å². The molecule has 0 heterocycles. The molecule has 0 spiro atoms. The molecule has 6 nitrogen and oxygen atoms in total. The average Bonchev–Trinajstić information content (AvgIpc) is 2.43. The lowest BCUT2D eigenvalue weighted by atomic mass is 9.97. The van der Waals surface area contributed by atoms with Crippen LogP contribution < -0.4 is 5.32 Å². The number of aliphatic carboxylic acids is 1. The summed E-state index contributed by atoms with van der Waals surface area (Å²) in [7, 11) is 0. The molecule has 0 saturated carbocycles. The van der Waals surface area contributed by atoms with Gasteiger partial charge in [-0.2, -0.15) is 0 Å². The van der Waals surface area contributed by atoms with Gasteiger partial charge in [-0.05, 0) is 12.5 Å². The first kappa shape index (κ1) is 16.8. The highest BCUT2D eigenvalue weighted by atomic mass is 19.3. The van der Waals surface area contributed by atoms with E-state index in [0.717, 1.165) is 0 Å². The fraction of sp³-hybridized carbons (Fsp3) is 0.385. The quantitative estimate of drug-likeness (QED) is 0.738. The van der Waals surface area contributed by atoms with E-state index in [1.165, 1.54) is 0 Å². The van der Waals surface area contributed by atoms with Crippen molar-refractivity contribution in [2.75, 3.05) is 0 Å². The van der Waals surface area contributed by atoms with E-state index in [2.05, 4.69) is 0 Å². The number of hydrogen-bond acceptors (Lipinski definition) is 4. The monoisotopic (exact) mass is 303 g/mol. The summed E-state index contributed by atoms with van der Waals surface area (Å²) >= 11 is 0. The van der Waals surface area contributed by atoms with E-state index >= 15 is 0 Å². The van der Waals surface area contributed by atoms with Gasteiger partial charge in [0.05, 0.1) is 0 Å². The first-order valence-corrected chi connectivity index (χ1v) is 5.95. The second-order valence-corrected chi connectivity index (χ2v) is 4.50. The molecule has 0 saturated heterocycles. The van der Waals surface area contributed by atoms with Gasteiger partial charge in [-0.25, -0.2) is 18.4 Å². The minimum Gasteiger partial charge on any atom is -0.480 e. The van der Waals surface area contributed by atoms with Crippen LogP contribution in [-0.4, -0.2) is 40.3 Å². The molecular weight excluding hydrogens is 288 g/mol. The summed E-state index contributed by atoms with van der Waals surface area (Å²) in [4.78, 5) is 22.3. The zero-order valence-electron chi connectivity index (χ0n) is 11.1. The number of alkyl halides is 2. The first-order valence-electron chi connectivity index (χ1n) is 5.95. The molecule has 0 radical (unpaired) electrons. The molecule has 1 amide bonds. The normalized spacial score (nSPS) is 15.1. The standard InChI is InChI=1S/C13H15F2NO5/c1-13(20,11(14)15)9(10(17)18)16-12(19)21-7-8-5-3-2-4-6-8/h2-6,9,11,20H,7H2,1H3,(H,16,19)(H,17,18)/t9-,13+/m1/s1. The third-order valence-corrected chi connectivity index (χ3v) is 2.75. The SMILES string of the molecule is C[C@@](O)(C(F)F)[C@H](NC(=O)OCc1ccccc1)C(=O)O. The van der Waals surface area contributed by atoms with Crippen molar-refractivity contribution in [3.8, 4) is 0 Å². The molecule has 0 aliphatic heterocycles. The topological polar surface area (TPSA) is 95.9 Å². The van der Waals surface area contributed by atoms with Crippen molar-refractivity contribution in [2.24, 2.45) is 0 Å². The molecule has 0 fully saturated rings. The Morgan fingerprint density at radius 1 is 1.33 bits per heavy atom. The maximum Gasteiger partial charge on any atom is 0.408 e. The number of carboxylic acid groups (broad SMARTS) is 1. The van der Waals surface area contributed by atoms with Crippen molar-refractivity contribution in [1.29, 1.82) is 0 Å². The average molecular weight is 303 g/mol. The van der Waals surface area contributed by atoms with E-state index in [9.17, 15) is 23.5 Å². The van der Waals surface area contributed by atoms with Crippen molar-refractivity contribution >= 4 is 12.1 Å². The Morgan fingerprint density at radius 2 is 1.90 bits per heavy atom. The summed E-state index contributed by atoms with van der Waals surface area (Å²) in [5.74, 6) is -1.79. The van der Waals surface area contributed by atoms with Crippen LogP contribution in [0.5, 0.6) is 0 Å². The van der Waals surface area contributed by atoms with Crippen LogP contribution in [0.2, 0.25) is 0 Å². The zero-order chi connectivity index (χ0) is 16.0. The van der Waals surface area contributed by atoms with Crippen LogP contribution in [0.15, 0.2) is 30.3 Å². The molecular formula is C13H15F2NO5. The van der Waals surface area contributed by atoms with Gasteiger partial charge in [0.1, 0.15) is 6.61 Å². The van der Waals surface area contributed by atoms with Crippen molar-refractivity contribution in [3.05, 3.63) is 35.9 Å². The molecule has 0 aliphatic rings. The highest BCUT2D eigenvalue weighted by Gasteiger charge is 2.46. The fourth-order valence-corrected chi connectivity index (χ4v) is 1.47. The van der Waals surface area contributed by atoms with Crippen LogP contribution in [0.3, 0.4) is 0 Å². The van der Waals surface area contributed by atoms with Gasteiger partial charge in [0.2, 0.25) is 0 Å². The van der Waals surface area contributed by atoms with Gasteiger partial charge in [0.15, 0.2) is 11.6 Å². The summed E-state index contributed by atoms with van der Waals surface area (Å²) in [6.45, 7) is 0.462. The highest BCUT2D eigenvalue weighted by molar-refractivity contribution is 5.81. The zero-order valence-corrected chi connectivity index (χ0v) is 11.1. The second kappa shape index (κ2) is 6.98.